The number of aromatic nitrogens is 4. The Morgan fingerprint density at radius 3 is 2.92 bits per heavy atom. The molecule has 0 bridgehead atoms. The van der Waals surface area contributed by atoms with Crippen molar-refractivity contribution in [3.63, 3.8) is 0 Å². The van der Waals surface area contributed by atoms with E-state index in [1.165, 1.54) is 0 Å². The summed E-state index contributed by atoms with van der Waals surface area (Å²) in [7, 11) is 1.65. The lowest BCUT2D eigenvalue weighted by molar-refractivity contribution is 0.414. The van der Waals surface area contributed by atoms with Gasteiger partial charge in [0.15, 0.2) is 11.4 Å². The maximum atomic E-state index is 6.10. The molecule has 0 saturated carbocycles. The van der Waals surface area contributed by atoms with Gasteiger partial charge >= 0.3 is 0 Å². The zero-order valence-corrected chi connectivity index (χ0v) is 13.6. The number of hydrogen-bond acceptors (Lipinski definition) is 5. The van der Waals surface area contributed by atoms with E-state index in [1.807, 2.05) is 34.9 Å². The smallest absolute Gasteiger partial charge is 0.225 e. The van der Waals surface area contributed by atoms with Crippen molar-refractivity contribution in [2.24, 2.45) is 0 Å². The first-order chi connectivity index (χ1) is 11.7. The van der Waals surface area contributed by atoms with Crippen LogP contribution in [-0.4, -0.2) is 26.6 Å². The topological polar surface area (TPSA) is 66.0 Å². The van der Waals surface area contributed by atoms with Gasteiger partial charge < -0.3 is 13.7 Å². The highest BCUT2D eigenvalue weighted by atomic mass is 35.5. The fourth-order valence-electron chi connectivity index (χ4n) is 2.59. The van der Waals surface area contributed by atoms with E-state index in [2.05, 4.69) is 15.0 Å². The minimum absolute atomic E-state index is 0.154. The van der Waals surface area contributed by atoms with Gasteiger partial charge in [0.2, 0.25) is 5.28 Å². The highest BCUT2D eigenvalue weighted by molar-refractivity contribution is 6.28. The standard InChI is InChI=1S/C17H13ClN4O2/c1-23-12-5-2-4-11(8-12)9-22-10-19-15-14(13-6-3-7-24-13)20-17(18)21-16(15)22/h2-8,10H,9H2,1H3. The lowest BCUT2D eigenvalue weighted by Crippen LogP contribution is -2.01. The van der Waals surface area contributed by atoms with E-state index in [0.717, 1.165) is 11.3 Å². The number of fused-ring (bicyclic) bond motifs is 1. The maximum absolute atomic E-state index is 6.10. The van der Waals surface area contributed by atoms with Gasteiger partial charge in [-0.2, -0.15) is 4.98 Å². The summed E-state index contributed by atoms with van der Waals surface area (Å²) in [6.45, 7) is 0.596. The van der Waals surface area contributed by atoms with E-state index < -0.39 is 0 Å². The van der Waals surface area contributed by atoms with Gasteiger partial charge in [-0.15, -0.1) is 0 Å². The molecule has 3 aromatic heterocycles. The Morgan fingerprint density at radius 1 is 1.21 bits per heavy atom. The van der Waals surface area contributed by atoms with Gasteiger partial charge in [0, 0.05) is 0 Å². The molecule has 0 aliphatic heterocycles. The molecule has 4 aromatic rings. The molecular weight excluding hydrogens is 328 g/mol. The lowest BCUT2D eigenvalue weighted by Gasteiger charge is -2.07. The van der Waals surface area contributed by atoms with Crippen molar-refractivity contribution in [3.05, 3.63) is 59.8 Å². The summed E-state index contributed by atoms with van der Waals surface area (Å²) >= 11 is 6.10. The fraction of sp³-hybridized carbons (Fsp3) is 0.118. The van der Waals surface area contributed by atoms with Crippen LogP contribution in [0.5, 0.6) is 5.75 Å². The van der Waals surface area contributed by atoms with Crippen LogP contribution in [0.3, 0.4) is 0 Å². The number of nitrogens with zero attached hydrogens (tertiary/aromatic N) is 4. The second kappa shape index (κ2) is 5.98. The Hall–Kier alpha value is -2.86. The van der Waals surface area contributed by atoms with Gasteiger partial charge in [0.05, 0.1) is 26.2 Å². The predicted molar refractivity (Wildman–Crippen MR) is 90.1 cm³/mol. The highest BCUT2D eigenvalue weighted by Gasteiger charge is 2.16. The third kappa shape index (κ3) is 2.61. The Labute approximate surface area is 142 Å². The second-order valence-electron chi connectivity index (χ2n) is 5.21. The zero-order chi connectivity index (χ0) is 16.5. The Balaban J connectivity index is 1.80. The van der Waals surface area contributed by atoms with Crippen LogP contribution in [0.4, 0.5) is 0 Å². The molecule has 7 heteroatoms. The zero-order valence-electron chi connectivity index (χ0n) is 12.8. The van der Waals surface area contributed by atoms with Crippen molar-refractivity contribution in [3.8, 4) is 17.2 Å². The molecule has 0 fully saturated rings. The van der Waals surface area contributed by atoms with Crippen LogP contribution in [0.1, 0.15) is 5.56 Å². The molecule has 24 heavy (non-hydrogen) atoms. The van der Waals surface area contributed by atoms with E-state index in [0.29, 0.717) is 29.2 Å². The Bertz CT molecular complexity index is 995. The van der Waals surface area contributed by atoms with Crippen molar-refractivity contribution in [1.29, 1.82) is 0 Å². The Morgan fingerprint density at radius 2 is 2.12 bits per heavy atom. The molecule has 1 aromatic carbocycles. The van der Waals surface area contributed by atoms with Gasteiger partial charge in [0.1, 0.15) is 17.0 Å². The molecule has 0 spiro atoms. The average molecular weight is 341 g/mol. The van der Waals surface area contributed by atoms with Crippen LogP contribution in [-0.2, 0) is 6.54 Å². The van der Waals surface area contributed by atoms with Crippen LogP contribution in [0.2, 0.25) is 5.28 Å². The lowest BCUT2D eigenvalue weighted by atomic mass is 10.2. The SMILES string of the molecule is COc1cccc(Cn2cnc3c(-c4ccco4)nc(Cl)nc32)c1. The van der Waals surface area contributed by atoms with Crippen LogP contribution < -0.4 is 4.74 Å². The minimum Gasteiger partial charge on any atom is -0.497 e. The number of hydrogen-bond donors (Lipinski definition) is 0. The van der Waals surface area contributed by atoms with E-state index >= 15 is 0 Å². The fourth-order valence-corrected chi connectivity index (χ4v) is 2.75. The molecule has 0 aliphatic rings. The molecule has 3 heterocycles. The largest absolute Gasteiger partial charge is 0.497 e. The minimum atomic E-state index is 0.154. The Kier molecular flexibility index (Phi) is 3.66. The molecule has 120 valence electrons. The molecule has 0 radical (unpaired) electrons. The third-order valence-corrected chi connectivity index (χ3v) is 3.85. The summed E-state index contributed by atoms with van der Waals surface area (Å²) in [6, 6.07) is 11.5. The van der Waals surface area contributed by atoms with Crippen LogP contribution in [0, 0.1) is 0 Å². The van der Waals surface area contributed by atoms with Crippen molar-refractivity contribution < 1.29 is 9.15 Å². The number of benzene rings is 1. The van der Waals surface area contributed by atoms with E-state index in [1.54, 1.807) is 25.8 Å². The number of ether oxygens (including phenoxy) is 1. The van der Waals surface area contributed by atoms with Gasteiger partial charge in [-0.25, -0.2) is 9.97 Å². The van der Waals surface area contributed by atoms with Crippen LogP contribution in [0.25, 0.3) is 22.6 Å². The summed E-state index contributed by atoms with van der Waals surface area (Å²) in [5.74, 6) is 1.41. The maximum Gasteiger partial charge on any atom is 0.225 e. The van der Waals surface area contributed by atoms with Crippen molar-refractivity contribution >= 4 is 22.8 Å². The van der Waals surface area contributed by atoms with E-state index in [-0.39, 0.29) is 5.28 Å². The van der Waals surface area contributed by atoms with Crippen molar-refractivity contribution in [1.82, 2.24) is 19.5 Å². The van der Waals surface area contributed by atoms with Gasteiger partial charge in [-0.1, -0.05) is 12.1 Å². The third-order valence-electron chi connectivity index (χ3n) is 3.68. The predicted octanol–water partition coefficient (Wildman–Crippen LogP) is 3.80. The second-order valence-corrected chi connectivity index (χ2v) is 5.55. The van der Waals surface area contributed by atoms with Crippen LogP contribution in [0.15, 0.2) is 53.4 Å². The summed E-state index contributed by atoms with van der Waals surface area (Å²) < 4.78 is 12.6. The molecule has 0 aliphatic carbocycles. The first kappa shape index (κ1) is 14.7. The number of imidazole rings is 1. The molecule has 0 atom stereocenters. The quantitative estimate of drug-likeness (QED) is 0.529. The first-order valence-corrected chi connectivity index (χ1v) is 7.67. The molecule has 0 saturated heterocycles. The summed E-state index contributed by atoms with van der Waals surface area (Å²) in [4.78, 5) is 13.0. The molecule has 0 unspecified atom stereocenters. The molecule has 0 amide bonds. The van der Waals surface area contributed by atoms with Crippen molar-refractivity contribution in [2.75, 3.05) is 7.11 Å². The molecule has 4 rings (SSSR count). The molecule has 6 nitrogen and oxygen atoms in total. The highest BCUT2D eigenvalue weighted by Crippen LogP contribution is 2.27. The molecular formula is C17H13ClN4O2. The van der Waals surface area contributed by atoms with Gasteiger partial charge in [-0.05, 0) is 41.4 Å². The first-order valence-electron chi connectivity index (χ1n) is 7.30. The number of halogens is 1. The van der Waals surface area contributed by atoms with E-state index in [4.69, 9.17) is 20.8 Å². The van der Waals surface area contributed by atoms with Gasteiger partial charge in [-0.3, -0.25) is 0 Å². The summed E-state index contributed by atoms with van der Waals surface area (Å²) in [6.07, 6.45) is 3.31. The van der Waals surface area contributed by atoms with E-state index in [9.17, 15) is 0 Å². The number of rotatable bonds is 4. The molecule has 0 N–H and O–H groups in total. The summed E-state index contributed by atoms with van der Waals surface area (Å²) in [5, 5.41) is 0.154. The average Bonchev–Trinajstić information content (AvgIpc) is 3.25. The van der Waals surface area contributed by atoms with Gasteiger partial charge in [0.25, 0.3) is 0 Å². The normalized spacial score (nSPS) is 11.1. The van der Waals surface area contributed by atoms with Crippen molar-refractivity contribution in [2.45, 2.75) is 6.54 Å². The monoisotopic (exact) mass is 340 g/mol. The summed E-state index contributed by atoms with van der Waals surface area (Å²) in [5.41, 5.74) is 2.96. The van der Waals surface area contributed by atoms with Crippen LogP contribution >= 0.6 is 11.6 Å². The number of furan rings is 1. The number of methoxy groups -OCH3 is 1.